The molecule has 3 rings (SSSR count). The minimum Gasteiger partial charge on any atom is -0.467 e. The number of morpholine rings is 1. The number of hydrogen-bond acceptors (Lipinski definition) is 5. The van der Waals surface area contributed by atoms with Crippen molar-refractivity contribution in [2.45, 2.75) is 33.4 Å². The van der Waals surface area contributed by atoms with E-state index >= 15 is 0 Å². The molecule has 0 saturated carbocycles. The third kappa shape index (κ3) is 8.33. The van der Waals surface area contributed by atoms with Crippen LogP contribution in [-0.2, 0) is 27.4 Å². The summed E-state index contributed by atoms with van der Waals surface area (Å²) in [7, 11) is 0. The molecule has 7 nitrogen and oxygen atoms in total. The van der Waals surface area contributed by atoms with Crippen LogP contribution in [0.3, 0.4) is 0 Å². The summed E-state index contributed by atoms with van der Waals surface area (Å²) in [6.45, 7) is 8.49. The Morgan fingerprint density at radius 2 is 1.80 bits per heavy atom. The van der Waals surface area contributed by atoms with Gasteiger partial charge in [0.25, 0.3) is 0 Å². The summed E-state index contributed by atoms with van der Waals surface area (Å²) in [5.74, 6) is 0.0919. The van der Waals surface area contributed by atoms with Crippen LogP contribution in [0, 0.1) is 11.2 Å². The van der Waals surface area contributed by atoms with Gasteiger partial charge in [-0.1, -0.05) is 12.1 Å². The number of benzene rings is 1. The summed E-state index contributed by atoms with van der Waals surface area (Å²) in [5.41, 5.74) is 0.00134. The van der Waals surface area contributed by atoms with Crippen LogP contribution in [0.2, 0.25) is 0 Å². The summed E-state index contributed by atoms with van der Waals surface area (Å²) in [4.78, 5) is 32.4. The Hall–Kier alpha value is -2.42. The number of carbonyl (C=O) groups is 2. The summed E-state index contributed by atoms with van der Waals surface area (Å²) in [5, 5.41) is 0. The standard InChI is InChI=1S/C26H35ClFN3O4/c1-26(2,20-27)25(33)30(11-4-10-29-12-15-34-16-13-29)19-24(32)31(18-23-5-3-14-35-23)17-21-6-8-22(28)9-7-21/h3,5-9,14H,4,10-13,15-20H2,1-2H3. The highest BCUT2D eigenvalue weighted by Crippen LogP contribution is 2.22. The van der Waals surface area contributed by atoms with Gasteiger partial charge >= 0.3 is 0 Å². The average molecular weight is 508 g/mol. The normalized spacial score (nSPS) is 14.6. The maximum absolute atomic E-state index is 13.5. The molecule has 1 aromatic heterocycles. The zero-order valence-electron chi connectivity index (χ0n) is 20.6. The SMILES string of the molecule is CC(C)(CCl)C(=O)N(CCCN1CCOCC1)CC(=O)N(Cc1ccc(F)cc1)Cc1ccco1. The molecule has 0 radical (unpaired) electrons. The minimum atomic E-state index is -0.788. The molecule has 1 aromatic carbocycles. The van der Waals surface area contributed by atoms with Gasteiger partial charge in [0.05, 0.1) is 38.0 Å². The molecule has 2 heterocycles. The highest BCUT2D eigenvalue weighted by atomic mass is 35.5. The van der Waals surface area contributed by atoms with Crippen molar-refractivity contribution >= 4 is 23.4 Å². The van der Waals surface area contributed by atoms with Crippen molar-refractivity contribution in [1.82, 2.24) is 14.7 Å². The lowest BCUT2D eigenvalue weighted by Crippen LogP contribution is -2.48. The molecule has 0 bridgehead atoms. The molecule has 1 saturated heterocycles. The van der Waals surface area contributed by atoms with Crippen LogP contribution in [0.4, 0.5) is 4.39 Å². The van der Waals surface area contributed by atoms with Gasteiger partial charge in [0, 0.05) is 38.6 Å². The Kier molecular flexibility index (Phi) is 10.1. The second-order valence-corrected chi connectivity index (χ2v) is 9.77. The Bertz CT molecular complexity index is 931. The molecule has 0 unspecified atom stereocenters. The molecule has 0 N–H and O–H groups in total. The van der Waals surface area contributed by atoms with E-state index in [4.69, 9.17) is 20.8 Å². The number of alkyl halides is 1. The van der Waals surface area contributed by atoms with E-state index in [1.54, 1.807) is 54.2 Å². The zero-order valence-corrected chi connectivity index (χ0v) is 21.3. The lowest BCUT2D eigenvalue weighted by Gasteiger charge is -2.33. The van der Waals surface area contributed by atoms with Crippen molar-refractivity contribution in [3.63, 3.8) is 0 Å². The highest BCUT2D eigenvalue weighted by Gasteiger charge is 2.33. The molecular weight excluding hydrogens is 473 g/mol. The predicted molar refractivity (Wildman–Crippen MR) is 132 cm³/mol. The summed E-state index contributed by atoms with van der Waals surface area (Å²) >= 11 is 6.09. The second kappa shape index (κ2) is 13.0. The van der Waals surface area contributed by atoms with Gasteiger partial charge in [-0.25, -0.2) is 4.39 Å². The number of nitrogens with zero attached hydrogens (tertiary/aromatic N) is 3. The third-order valence-corrected chi connectivity index (χ3v) is 6.77. The van der Waals surface area contributed by atoms with E-state index in [0.29, 0.717) is 25.5 Å². The van der Waals surface area contributed by atoms with Gasteiger partial charge in [-0.05, 0) is 50.1 Å². The smallest absolute Gasteiger partial charge is 0.242 e. The monoisotopic (exact) mass is 507 g/mol. The minimum absolute atomic E-state index is 0.0653. The molecule has 0 aliphatic carbocycles. The van der Waals surface area contributed by atoms with E-state index in [1.807, 2.05) is 0 Å². The molecule has 1 aliphatic heterocycles. The van der Waals surface area contributed by atoms with E-state index in [9.17, 15) is 14.0 Å². The number of rotatable bonds is 12. The summed E-state index contributed by atoms with van der Waals surface area (Å²) < 4.78 is 24.2. The Morgan fingerprint density at radius 1 is 1.09 bits per heavy atom. The lowest BCUT2D eigenvalue weighted by atomic mass is 9.94. The van der Waals surface area contributed by atoms with Gasteiger partial charge in [-0.3, -0.25) is 14.5 Å². The Balaban J connectivity index is 1.71. The number of ether oxygens (including phenoxy) is 1. The maximum atomic E-state index is 13.5. The van der Waals surface area contributed by atoms with Crippen molar-refractivity contribution < 1.29 is 23.1 Å². The maximum Gasteiger partial charge on any atom is 0.242 e. The van der Waals surface area contributed by atoms with Crippen molar-refractivity contribution in [3.05, 3.63) is 59.8 Å². The molecule has 192 valence electrons. The van der Waals surface area contributed by atoms with Crippen molar-refractivity contribution in [2.75, 3.05) is 51.8 Å². The van der Waals surface area contributed by atoms with E-state index in [0.717, 1.165) is 31.6 Å². The van der Waals surface area contributed by atoms with Crippen LogP contribution in [0.5, 0.6) is 0 Å². The van der Waals surface area contributed by atoms with Crippen molar-refractivity contribution in [2.24, 2.45) is 5.41 Å². The van der Waals surface area contributed by atoms with Crippen LogP contribution in [0.15, 0.2) is 47.1 Å². The number of carbonyl (C=O) groups excluding carboxylic acids is 2. The van der Waals surface area contributed by atoms with Gasteiger partial charge in [0.1, 0.15) is 11.6 Å². The molecular formula is C26H35ClFN3O4. The lowest BCUT2D eigenvalue weighted by molar-refractivity contribution is -0.146. The first kappa shape index (κ1) is 27.2. The van der Waals surface area contributed by atoms with Crippen LogP contribution in [-0.4, -0.2) is 78.3 Å². The first-order valence-electron chi connectivity index (χ1n) is 12.0. The molecule has 1 fully saturated rings. The van der Waals surface area contributed by atoms with Crippen LogP contribution >= 0.6 is 11.6 Å². The van der Waals surface area contributed by atoms with Gasteiger partial charge in [-0.15, -0.1) is 11.6 Å². The van der Waals surface area contributed by atoms with Gasteiger partial charge < -0.3 is 19.0 Å². The largest absolute Gasteiger partial charge is 0.467 e. The predicted octanol–water partition coefficient (Wildman–Crippen LogP) is 3.76. The van der Waals surface area contributed by atoms with Gasteiger partial charge in [-0.2, -0.15) is 0 Å². The molecule has 1 aliphatic rings. The van der Waals surface area contributed by atoms with Crippen LogP contribution in [0.25, 0.3) is 0 Å². The van der Waals surface area contributed by atoms with E-state index in [1.165, 1.54) is 12.1 Å². The molecule has 0 spiro atoms. The van der Waals surface area contributed by atoms with Crippen LogP contribution in [0.1, 0.15) is 31.6 Å². The first-order valence-corrected chi connectivity index (χ1v) is 12.5. The zero-order chi connectivity index (χ0) is 25.3. The fourth-order valence-corrected chi connectivity index (χ4v) is 4.06. The number of furan rings is 1. The third-order valence-electron chi connectivity index (χ3n) is 6.10. The average Bonchev–Trinajstić information content (AvgIpc) is 3.37. The van der Waals surface area contributed by atoms with Crippen LogP contribution < -0.4 is 0 Å². The molecule has 35 heavy (non-hydrogen) atoms. The molecule has 0 atom stereocenters. The quantitative estimate of drug-likeness (QED) is 0.409. The van der Waals surface area contributed by atoms with E-state index in [2.05, 4.69) is 4.90 Å². The molecule has 2 aromatic rings. The summed E-state index contributed by atoms with van der Waals surface area (Å²) in [6, 6.07) is 9.61. The van der Waals surface area contributed by atoms with Gasteiger partial charge in [0.2, 0.25) is 11.8 Å². The summed E-state index contributed by atoms with van der Waals surface area (Å²) in [6.07, 6.45) is 2.30. The van der Waals surface area contributed by atoms with E-state index in [-0.39, 0.29) is 43.1 Å². The van der Waals surface area contributed by atoms with E-state index < -0.39 is 5.41 Å². The van der Waals surface area contributed by atoms with Gasteiger partial charge in [0.15, 0.2) is 0 Å². The fraction of sp³-hybridized carbons (Fsp3) is 0.538. The number of halogens is 2. The second-order valence-electron chi connectivity index (χ2n) is 9.51. The fourth-order valence-electron chi connectivity index (χ4n) is 3.94. The molecule has 2 amide bonds. The van der Waals surface area contributed by atoms with Crippen molar-refractivity contribution in [3.8, 4) is 0 Å². The number of amides is 2. The first-order chi connectivity index (χ1) is 16.8. The Labute approximate surface area is 211 Å². The topological polar surface area (TPSA) is 66.2 Å². The Morgan fingerprint density at radius 3 is 2.43 bits per heavy atom. The number of hydrogen-bond donors (Lipinski definition) is 0. The highest BCUT2D eigenvalue weighted by molar-refractivity contribution is 6.19. The van der Waals surface area contributed by atoms with Crippen molar-refractivity contribution in [1.29, 1.82) is 0 Å². The molecule has 9 heteroatoms.